The highest BCUT2D eigenvalue weighted by Gasteiger charge is 2.33. The van der Waals surface area contributed by atoms with Gasteiger partial charge >= 0.3 is 5.97 Å². The van der Waals surface area contributed by atoms with Crippen molar-refractivity contribution in [1.82, 2.24) is 14.3 Å². The highest BCUT2D eigenvalue weighted by Crippen LogP contribution is 2.30. The minimum Gasteiger partial charge on any atom is -0.463 e. The molecule has 0 unspecified atom stereocenters. The Bertz CT molecular complexity index is 1330. The lowest BCUT2D eigenvalue weighted by Gasteiger charge is -2.24. The van der Waals surface area contributed by atoms with E-state index in [9.17, 15) is 9.59 Å². The van der Waals surface area contributed by atoms with E-state index < -0.39 is 12.0 Å². The number of hydrogen-bond donors (Lipinski definition) is 0. The van der Waals surface area contributed by atoms with Crippen molar-refractivity contribution in [3.8, 4) is 0 Å². The SMILES string of the molecule is CCOC(=O)C1=C(C)N=c2s/c(=C/c3cn(C)nc3C)c(=O)n2[C@H]1c1ccccc1. The molecule has 0 N–H and O–H groups in total. The van der Waals surface area contributed by atoms with Crippen LogP contribution in [0.3, 0.4) is 0 Å². The largest absolute Gasteiger partial charge is 0.463 e. The lowest BCUT2D eigenvalue weighted by atomic mass is 9.96. The molecule has 7 nitrogen and oxygen atoms in total. The molecule has 0 aliphatic carbocycles. The summed E-state index contributed by atoms with van der Waals surface area (Å²) in [6.07, 6.45) is 3.70. The number of esters is 1. The van der Waals surface area contributed by atoms with Gasteiger partial charge in [-0.1, -0.05) is 41.7 Å². The number of carbonyl (C=O) groups excluding carboxylic acids is 1. The van der Waals surface area contributed by atoms with Crippen LogP contribution in [0.5, 0.6) is 0 Å². The molecule has 1 aromatic carbocycles. The van der Waals surface area contributed by atoms with Crippen molar-refractivity contribution >= 4 is 23.4 Å². The lowest BCUT2D eigenvalue weighted by Crippen LogP contribution is -2.39. The van der Waals surface area contributed by atoms with Crippen LogP contribution in [0.25, 0.3) is 6.08 Å². The average molecular weight is 423 g/mol. The second kappa shape index (κ2) is 7.87. The number of ether oxygens (including phenoxy) is 1. The van der Waals surface area contributed by atoms with Gasteiger partial charge < -0.3 is 4.74 Å². The Morgan fingerprint density at radius 1 is 1.27 bits per heavy atom. The van der Waals surface area contributed by atoms with Gasteiger partial charge in [-0.3, -0.25) is 14.0 Å². The molecule has 30 heavy (non-hydrogen) atoms. The van der Waals surface area contributed by atoms with E-state index in [2.05, 4.69) is 10.1 Å². The maximum atomic E-state index is 13.4. The van der Waals surface area contributed by atoms with Crippen molar-refractivity contribution in [1.29, 1.82) is 0 Å². The zero-order valence-electron chi connectivity index (χ0n) is 17.2. The number of carbonyl (C=O) groups is 1. The van der Waals surface area contributed by atoms with Crippen molar-refractivity contribution in [3.63, 3.8) is 0 Å². The molecule has 0 saturated carbocycles. The molecule has 0 fully saturated rings. The molecule has 0 spiro atoms. The average Bonchev–Trinajstić information content (AvgIpc) is 3.19. The van der Waals surface area contributed by atoms with Crippen LogP contribution in [0.2, 0.25) is 0 Å². The van der Waals surface area contributed by atoms with Gasteiger partial charge in [-0.05, 0) is 32.4 Å². The molecule has 1 aliphatic rings. The van der Waals surface area contributed by atoms with E-state index in [1.165, 1.54) is 11.3 Å². The van der Waals surface area contributed by atoms with E-state index in [4.69, 9.17) is 4.74 Å². The Labute approximate surface area is 177 Å². The van der Waals surface area contributed by atoms with Crippen LogP contribution in [-0.4, -0.2) is 26.9 Å². The van der Waals surface area contributed by atoms with Crippen LogP contribution in [0.1, 0.15) is 36.7 Å². The smallest absolute Gasteiger partial charge is 0.338 e. The Morgan fingerprint density at radius 2 is 2.00 bits per heavy atom. The molecular formula is C22H22N4O3S. The van der Waals surface area contributed by atoms with Gasteiger partial charge in [0.15, 0.2) is 4.80 Å². The highest BCUT2D eigenvalue weighted by molar-refractivity contribution is 7.07. The minimum absolute atomic E-state index is 0.190. The van der Waals surface area contributed by atoms with Gasteiger partial charge in [0.25, 0.3) is 5.56 Å². The molecule has 3 heterocycles. The Hall–Kier alpha value is -3.26. The molecule has 3 aromatic rings. The first-order valence-corrected chi connectivity index (χ1v) is 10.5. The molecule has 0 bridgehead atoms. The second-order valence-electron chi connectivity index (χ2n) is 7.06. The van der Waals surface area contributed by atoms with E-state index in [0.29, 0.717) is 20.6 Å². The van der Waals surface area contributed by atoms with Crippen LogP contribution < -0.4 is 14.9 Å². The fourth-order valence-electron chi connectivity index (χ4n) is 3.64. The van der Waals surface area contributed by atoms with Gasteiger partial charge in [-0.25, -0.2) is 9.79 Å². The van der Waals surface area contributed by atoms with Gasteiger partial charge in [-0.15, -0.1) is 0 Å². The van der Waals surface area contributed by atoms with Crippen LogP contribution in [-0.2, 0) is 16.6 Å². The van der Waals surface area contributed by atoms with Crippen LogP contribution in [0.4, 0.5) is 0 Å². The summed E-state index contributed by atoms with van der Waals surface area (Å²) in [7, 11) is 1.84. The number of allylic oxidation sites excluding steroid dienone is 1. The van der Waals surface area contributed by atoms with E-state index in [1.54, 1.807) is 23.1 Å². The molecule has 1 atom stereocenters. The van der Waals surface area contributed by atoms with Crippen molar-refractivity contribution in [2.24, 2.45) is 12.0 Å². The third kappa shape index (κ3) is 3.43. The first-order chi connectivity index (χ1) is 14.4. The van der Waals surface area contributed by atoms with Gasteiger partial charge in [0, 0.05) is 18.8 Å². The molecule has 1 aliphatic heterocycles. The number of hydrogen-bond acceptors (Lipinski definition) is 6. The number of thiazole rings is 1. The summed E-state index contributed by atoms with van der Waals surface area (Å²) >= 11 is 1.31. The summed E-state index contributed by atoms with van der Waals surface area (Å²) in [6.45, 7) is 5.70. The molecular weight excluding hydrogens is 400 g/mol. The maximum Gasteiger partial charge on any atom is 0.338 e. The monoisotopic (exact) mass is 422 g/mol. The maximum absolute atomic E-state index is 13.4. The molecule has 2 aromatic heterocycles. The number of nitrogens with zero attached hydrogens (tertiary/aromatic N) is 4. The van der Waals surface area contributed by atoms with Crippen LogP contribution in [0, 0.1) is 6.92 Å². The standard InChI is InChI=1S/C22H22N4O3S/c1-5-29-21(28)18-14(3)23-22-26(19(18)15-9-7-6-8-10-15)20(27)17(30-22)11-16-12-25(4)24-13(16)2/h6-12,19H,5H2,1-4H3/b17-11+/t19-/m0/s1. The van der Waals surface area contributed by atoms with E-state index >= 15 is 0 Å². The van der Waals surface area contributed by atoms with Gasteiger partial charge in [0.05, 0.1) is 34.1 Å². The summed E-state index contributed by atoms with van der Waals surface area (Å²) in [6, 6.07) is 8.92. The fourth-order valence-corrected chi connectivity index (χ4v) is 4.68. The first-order valence-electron chi connectivity index (χ1n) is 9.65. The number of aromatic nitrogens is 3. The molecule has 0 saturated heterocycles. The zero-order chi connectivity index (χ0) is 21.4. The van der Waals surface area contributed by atoms with E-state index in [1.807, 2.05) is 56.6 Å². The van der Waals surface area contributed by atoms with Crippen molar-refractivity contribution in [2.45, 2.75) is 26.8 Å². The molecule has 4 rings (SSSR count). The fraction of sp³-hybridized carbons (Fsp3) is 0.273. The third-order valence-electron chi connectivity index (χ3n) is 4.97. The summed E-state index contributed by atoms with van der Waals surface area (Å²) in [4.78, 5) is 31.4. The molecule has 154 valence electrons. The lowest BCUT2D eigenvalue weighted by molar-refractivity contribution is -0.139. The highest BCUT2D eigenvalue weighted by atomic mass is 32.1. The quantitative estimate of drug-likeness (QED) is 0.601. The normalized spacial score (nSPS) is 16.4. The topological polar surface area (TPSA) is 78.5 Å². The Morgan fingerprint density at radius 3 is 2.63 bits per heavy atom. The van der Waals surface area contributed by atoms with Gasteiger partial charge in [-0.2, -0.15) is 5.10 Å². The predicted molar refractivity (Wildman–Crippen MR) is 115 cm³/mol. The van der Waals surface area contributed by atoms with E-state index in [0.717, 1.165) is 16.8 Å². The summed E-state index contributed by atoms with van der Waals surface area (Å²) in [5, 5.41) is 4.34. The first kappa shape index (κ1) is 20.0. The van der Waals surface area contributed by atoms with Gasteiger partial charge in [0.1, 0.15) is 0 Å². The number of benzene rings is 1. The van der Waals surface area contributed by atoms with Crippen molar-refractivity contribution < 1.29 is 9.53 Å². The van der Waals surface area contributed by atoms with Crippen molar-refractivity contribution in [2.75, 3.05) is 6.61 Å². The number of rotatable bonds is 4. The zero-order valence-corrected chi connectivity index (χ0v) is 18.1. The summed E-state index contributed by atoms with van der Waals surface area (Å²) < 4.78 is 9.15. The summed E-state index contributed by atoms with van der Waals surface area (Å²) in [5.41, 5.74) is 3.31. The van der Waals surface area contributed by atoms with Crippen molar-refractivity contribution in [3.05, 3.63) is 84.3 Å². The molecule has 0 amide bonds. The molecule has 0 radical (unpaired) electrons. The predicted octanol–water partition coefficient (Wildman–Crippen LogP) is 1.84. The van der Waals surface area contributed by atoms with E-state index in [-0.39, 0.29) is 12.2 Å². The minimum atomic E-state index is -0.585. The number of aryl methyl sites for hydroxylation is 2. The summed E-state index contributed by atoms with van der Waals surface area (Å²) in [5.74, 6) is -0.454. The Balaban J connectivity index is 1.97. The van der Waals surface area contributed by atoms with Gasteiger partial charge in [0.2, 0.25) is 0 Å². The Kier molecular flexibility index (Phi) is 5.26. The number of fused-ring (bicyclic) bond motifs is 1. The van der Waals surface area contributed by atoms with Crippen LogP contribution in [0.15, 0.2) is 57.6 Å². The van der Waals surface area contributed by atoms with Crippen LogP contribution >= 0.6 is 11.3 Å². The third-order valence-corrected chi connectivity index (χ3v) is 5.95. The second-order valence-corrected chi connectivity index (χ2v) is 8.07. The molecule has 8 heteroatoms.